The van der Waals surface area contributed by atoms with Crippen LogP contribution >= 0.6 is 0 Å². The molecule has 35 heavy (non-hydrogen) atoms. The lowest BCUT2D eigenvalue weighted by Crippen LogP contribution is -2.30. The largest absolute Gasteiger partial charge is 0.490 e. The maximum atomic E-state index is 12.7. The zero-order chi connectivity index (χ0) is 25.8. The van der Waals surface area contributed by atoms with Gasteiger partial charge in [0.05, 0.1) is 12.2 Å². The molecule has 0 atom stereocenters. The molecule has 0 spiro atoms. The Bertz CT molecular complexity index is 1190. The van der Waals surface area contributed by atoms with Gasteiger partial charge in [0, 0.05) is 36.7 Å². The number of nitrogens with zero attached hydrogens (tertiary/aromatic N) is 2. The summed E-state index contributed by atoms with van der Waals surface area (Å²) in [6.07, 6.45) is -5.97. The maximum Gasteiger partial charge on any atom is 0.490 e. The predicted octanol–water partition coefficient (Wildman–Crippen LogP) is 4.84. The van der Waals surface area contributed by atoms with Crippen LogP contribution in [-0.4, -0.2) is 50.7 Å². The lowest BCUT2D eigenvalue weighted by atomic mass is 10.1. The quantitative estimate of drug-likeness (QED) is 0.446. The molecule has 7 nitrogen and oxygen atoms in total. The van der Waals surface area contributed by atoms with Crippen molar-refractivity contribution in [2.24, 2.45) is 0 Å². The maximum absolute atomic E-state index is 12.7. The number of hydrogen-bond acceptors (Lipinski definition) is 4. The molecular weight excluding hydrogens is 482 g/mol. The molecule has 0 saturated carbocycles. The predicted molar refractivity (Wildman–Crippen MR) is 112 cm³/mol. The minimum absolute atomic E-state index is 0.148. The summed E-state index contributed by atoms with van der Waals surface area (Å²) >= 11 is 0. The lowest BCUT2D eigenvalue weighted by molar-refractivity contribution is -0.192. The van der Waals surface area contributed by atoms with E-state index in [2.05, 4.69) is 15.3 Å². The molecular formula is C22H18F6N4O3. The third-order valence-corrected chi connectivity index (χ3v) is 4.83. The van der Waals surface area contributed by atoms with Gasteiger partial charge in [-0.3, -0.25) is 14.7 Å². The van der Waals surface area contributed by atoms with Crippen molar-refractivity contribution in [1.82, 2.24) is 14.9 Å². The number of anilines is 1. The summed E-state index contributed by atoms with van der Waals surface area (Å²) < 4.78 is 69.8. The van der Waals surface area contributed by atoms with Crippen LogP contribution in [0.15, 0.2) is 54.9 Å². The number of aromatic amines is 1. The lowest BCUT2D eigenvalue weighted by Gasteiger charge is -2.16. The first-order valence-corrected chi connectivity index (χ1v) is 9.94. The van der Waals surface area contributed by atoms with Crippen LogP contribution in [0, 0.1) is 0 Å². The molecule has 13 heteroatoms. The molecule has 0 bridgehead atoms. The Morgan fingerprint density at radius 1 is 1.06 bits per heavy atom. The number of alkyl halides is 6. The third-order valence-electron chi connectivity index (χ3n) is 4.83. The van der Waals surface area contributed by atoms with E-state index < -0.39 is 24.9 Å². The summed E-state index contributed by atoms with van der Waals surface area (Å²) in [6, 6.07) is 12.4. The average molecular weight is 500 g/mol. The number of carboxylic acid groups (broad SMARTS) is 1. The van der Waals surface area contributed by atoms with Crippen LogP contribution in [0.1, 0.15) is 21.6 Å². The smallest absolute Gasteiger partial charge is 0.475 e. The van der Waals surface area contributed by atoms with Crippen LogP contribution < -0.4 is 5.32 Å². The Balaban J connectivity index is 0.000000429. The van der Waals surface area contributed by atoms with Gasteiger partial charge in [-0.25, -0.2) is 4.79 Å². The standard InChI is InChI=1S/C20H17F3N4O.C2HF3O2/c21-20(22,23)12-27-10-13-4-3-6-17(15(13)11-27)26-19(28)18-8-14(9-25-18)16-5-1-2-7-24-16;3-2(4,5)1(6)7/h1-9,25H,10-12H2,(H,26,28);(H,6,7). The molecule has 1 aromatic carbocycles. The van der Waals surface area contributed by atoms with E-state index in [-0.39, 0.29) is 19.0 Å². The summed E-state index contributed by atoms with van der Waals surface area (Å²) in [4.78, 5) is 30.0. The van der Waals surface area contributed by atoms with E-state index in [1.165, 1.54) is 4.90 Å². The van der Waals surface area contributed by atoms with Crippen molar-refractivity contribution in [3.8, 4) is 11.3 Å². The van der Waals surface area contributed by atoms with Crippen LogP contribution in [0.4, 0.5) is 32.0 Å². The minimum atomic E-state index is -5.08. The summed E-state index contributed by atoms with van der Waals surface area (Å²) in [5.74, 6) is -3.11. The zero-order valence-electron chi connectivity index (χ0n) is 17.7. The van der Waals surface area contributed by atoms with Gasteiger partial charge in [0.1, 0.15) is 5.69 Å². The molecule has 3 heterocycles. The highest BCUT2D eigenvalue weighted by Gasteiger charge is 2.38. The zero-order valence-corrected chi connectivity index (χ0v) is 17.7. The van der Waals surface area contributed by atoms with Crippen molar-refractivity contribution in [2.75, 3.05) is 11.9 Å². The fraction of sp³-hybridized carbons (Fsp3) is 0.227. The van der Waals surface area contributed by atoms with E-state index in [1.54, 1.807) is 36.7 Å². The number of nitrogens with one attached hydrogen (secondary N) is 2. The SMILES string of the molecule is O=C(Nc1cccc2c1CN(CC(F)(F)F)C2)c1cc(-c2ccccn2)c[nH]1.O=C(O)C(F)(F)F. The molecule has 0 radical (unpaired) electrons. The van der Waals surface area contributed by atoms with Crippen molar-refractivity contribution in [1.29, 1.82) is 0 Å². The Kier molecular flexibility index (Phi) is 7.48. The fourth-order valence-electron chi connectivity index (χ4n) is 3.37. The van der Waals surface area contributed by atoms with Gasteiger partial charge in [-0.15, -0.1) is 0 Å². The van der Waals surface area contributed by atoms with Crippen LogP contribution in [0.25, 0.3) is 11.3 Å². The molecule has 0 fully saturated rings. The van der Waals surface area contributed by atoms with E-state index >= 15 is 0 Å². The van der Waals surface area contributed by atoms with Gasteiger partial charge < -0.3 is 15.4 Å². The van der Waals surface area contributed by atoms with Gasteiger partial charge >= 0.3 is 18.3 Å². The minimum Gasteiger partial charge on any atom is -0.475 e. The van der Waals surface area contributed by atoms with E-state index in [4.69, 9.17) is 9.90 Å². The Hall–Kier alpha value is -3.87. The first-order valence-electron chi connectivity index (χ1n) is 9.94. The van der Waals surface area contributed by atoms with Crippen molar-refractivity contribution in [3.63, 3.8) is 0 Å². The number of halogens is 6. The summed E-state index contributed by atoms with van der Waals surface area (Å²) in [7, 11) is 0. The highest BCUT2D eigenvalue weighted by atomic mass is 19.4. The topological polar surface area (TPSA) is 98.3 Å². The number of carboxylic acids is 1. The molecule has 0 unspecified atom stereocenters. The summed E-state index contributed by atoms with van der Waals surface area (Å²) in [5, 5.41) is 9.93. The number of fused-ring (bicyclic) bond motifs is 1. The molecule has 3 N–H and O–H groups in total. The van der Waals surface area contributed by atoms with Gasteiger partial charge in [-0.1, -0.05) is 18.2 Å². The third kappa shape index (κ3) is 7.06. The highest BCUT2D eigenvalue weighted by molar-refractivity contribution is 6.04. The molecule has 2 aromatic heterocycles. The second-order valence-corrected chi connectivity index (χ2v) is 7.48. The van der Waals surface area contributed by atoms with Crippen molar-refractivity contribution >= 4 is 17.6 Å². The van der Waals surface area contributed by atoms with Gasteiger partial charge in [0.15, 0.2) is 0 Å². The molecule has 3 aromatic rings. The number of rotatable bonds is 4. The second-order valence-electron chi connectivity index (χ2n) is 7.48. The number of carbonyl (C=O) groups excluding carboxylic acids is 1. The Morgan fingerprint density at radius 3 is 2.37 bits per heavy atom. The van der Waals surface area contributed by atoms with Gasteiger partial charge in [-0.05, 0) is 35.4 Å². The molecule has 1 aliphatic heterocycles. The van der Waals surface area contributed by atoms with Crippen molar-refractivity contribution in [2.45, 2.75) is 25.4 Å². The molecule has 1 amide bonds. The number of hydrogen-bond donors (Lipinski definition) is 3. The fourth-order valence-corrected chi connectivity index (χ4v) is 3.37. The first kappa shape index (κ1) is 25.7. The average Bonchev–Trinajstić information content (AvgIpc) is 3.40. The number of aromatic nitrogens is 2. The monoisotopic (exact) mass is 500 g/mol. The summed E-state index contributed by atoms with van der Waals surface area (Å²) in [6.45, 7) is -0.612. The Labute approximate surface area is 194 Å². The van der Waals surface area contributed by atoms with Crippen LogP contribution in [0.5, 0.6) is 0 Å². The number of pyridine rings is 1. The molecule has 186 valence electrons. The van der Waals surface area contributed by atoms with E-state index in [1.807, 2.05) is 18.2 Å². The van der Waals surface area contributed by atoms with Crippen molar-refractivity contribution in [3.05, 3.63) is 71.7 Å². The first-order chi connectivity index (χ1) is 16.3. The highest BCUT2D eigenvalue weighted by Crippen LogP contribution is 2.32. The van der Waals surface area contributed by atoms with Crippen molar-refractivity contribution < 1.29 is 41.0 Å². The second kappa shape index (κ2) is 10.2. The number of aliphatic carboxylic acids is 1. The number of amides is 1. The molecule has 0 saturated heterocycles. The number of benzene rings is 1. The van der Waals surface area contributed by atoms with E-state index in [9.17, 15) is 31.1 Å². The van der Waals surface area contributed by atoms with Crippen LogP contribution in [0.2, 0.25) is 0 Å². The van der Waals surface area contributed by atoms with E-state index in [0.29, 0.717) is 11.4 Å². The Morgan fingerprint density at radius 2 is 1.77 bits per heavy atom. The van der Waals surface area contributed by atoms with Crippen LogP contribution in [-0.2, 0) is 17.9 Å². The van der Waals surface area contributed by atoms with Gasteiger partial charge in [0.2, 0.25) is 0 Å². The molecule has 0 aliphatic carbocycles. The molecule has 4 rings (SSSR count). The van der Waals surface area contributed by atoms with Crippen LogP contribution in [0.3, 0.4) is 0 Å². The van der Waals surface area contributed by atoms with Gasteiger partial charge in [0.25, 0.3) is 5.91 Å². The van der Waals surface area contributed by atoms with Gasteiger partial charge in [-0.2, -0.15) is 26.3 Å². The van der Waals surface area contributed by atoms with E-state index in [0.717, 1.165) is 22.4 Å². The number of H-pyrrole nitrogens is 1. The number of carbonyl (C=O) groups is 2. The summed E-state index contributed by atoms with van der Waals surface area (Å²) in [5.41, 5.74) is 3.91. The molecule has 1 aliphatic rings. The normalized spacial score (nSPS) is 13.5.